The van der Waals surface area contributed by atoms with Crippen molar-refractivity contribution >= 4 is 11.6 Å². The van der Waals surface area contributed by atoms with Crippen LogP contribution >= 0.6 is 0 Å². The normalized spacial score (nSPS) is 23.8. The number of rotatable bonds is 5. The molecular weight excluding hydrogens is 256 g/mol. The first-order chi connectivity index (χ1) is 9.45. The third-order valence-corrected chi connectivity index (χ3v) is 4.08. The van der Waals surface area contributed by atoms with Gasteiger partial charge in [-0.25, -0.2) is 0 Å². The average molecular weight is 278 g/mol. The Morgan fingerprint density at radius 3 is 2.75 bits per heavy atom. The number of nitrogens with one attached hydrogen (secondary N) is 1. The molecule has 2 rings (SSSR count). The van der Waals surface area contributed by atoms with Crippen molar-refractivity contribution in [2.24, 2.45) is 5.41 Å². The number of benzene rings is 1. The van der Waals surface area contributed by atoms with E-state index in [0.717, 1.165) is 6.42 Å². The molecule has 1 saturated carbocycles. The Hall–Kier alpha value is -1.75. The highest BCUT2D eigenvalue weighted by Crippen LogP contribution is 2.42. The summed E-state index contributed by atoms with van der Waals surface area (Å²) < 4.78 is 10.8. The summed E-state index contributed by atoms with van der Waals surface area (Å²) in [5, 5.41) is 2.98. The Kier molecular flexibility index (Phi) is 4.18. The minimum absolute atomic E-state index is 0.0293. The highest BCUT2D eigenvalue weighted by molar-refractivity contribution is 5.78. The van der Waals surface area contributed by atoms with E-state index in [9.17, 15) is 4.79 Å². The minimum Gasteiger partial charge on any atom is -0.482 e. The maximum absolute atomic E-state index is 11.9. The second-order valence-electron chi connectivity index (χ2n) is 5.73. The first-order valence-corrected chi connectivity index (χ1v) is 6.74. The Balaban J connectivity index is 1.81. The van der Waals surface area contributed by atoms with Crippen LogP contribution in [-0.4, -0.2) is 31.8 Å². The molecule has 2 unspecified atom stereocenters. The number of nitrogens with two attached hydrogens (primary N) is 1. The van der Waals surface area contributed by atoms with Crippen LogP contribution in [0.3, 0.4) is 0 Å². The van der Waals surface area contributed by atoms with E-state index in [0.29, 0.717) is 11.4 Å². The van der Waals surface area contributed by atoms with Crippen molar-refractivity contribution in [3.63, 3.8) is 0 Å². The largest absolute Gasteiger partial charge is 0.482 e. The highest BCUT2D eigenvalue weighted by Gasteiger charge is 2.49. The number of hydrogen-bond donors (Lipinski definition) is 2. The summed E-state index contributed by atoms with van der Waals surface area (Å²) >= 11 is 0. The molecule has 5 heteroatoms. The number of methoxy groups -OCH3 is 1. The van der Waals surface area contributed by atoms with Gasteiger partial charge < -0.3 is 20.5 Å². The summed E-state index contributed by atoms with van der Waals surface area (Å²) in [6, 6.07) is 7.26. The van der Waals surface area contributed by atoms with E-state index in [1.165, 1.54) is 0 Å². The summed E-state index contributed by atoms with van der Waals surface area (Å²) in [5.41, 5.74) is 6.24. The fourth-order valence-electron chi connectivity index (χ4n) is 2.52. The van der Waals surface area contributed by atoms with Crippen molar-refractivity contribution in [2.45, 2.75) is 32.4 Å². The van der Waals surface area contributed by atoms with Crippen LogP contribution in [0.25, 0.3) is 0 Å². The molecule has 1 aliphatic carbocycles. The monoisotopic (exact) mass is 278 g/mol. The van der Waals surface area contributed by atoms with Crippen LogP contribution in [0.2, 0.25) is 0 Å². The van der Waals surface area contributed by atoms with Crippen LogP contribution in [0.15, 0.2) is 24.3 Å². The predicted molar refractivity (Wildman–Crippen MR) is 77.5 cm³/mol. The molecule has 110 valence electrons. The Morgan fingerprint density at radius 2 is 2.15 bits per heavy atom. The average Bonchev–Trinajstić information content (AvgIpc) is 2.42. The second kappa shape index (κ2) is 5.71. The van der Waals surface area contributed by atoms with E-state index in [1.54, 1.807) is 19.2 Å². The quantitative estimate of drug-likeness (QED) is 0.802. The third kappa shape index (κ3) is 2.88. The predicted octanol–water partition coefficient (Wildman–Crippen LogP) is 1.58. The number of carbonyl (C=O) groups excluding carboxylic acids is 1. The van der Waals surface area contributed by atoms with E-state index in [-0.39, 0.29) is 30.1 Å². The molecule has 0 aliphatic heterocycles. The molecule has 0 spiro atoms. The molecular formula is C15H22N2O3. The number of para-hydroxylation sites is 2. The van der Waals surface area contributed by atoms with Crippen molar-refractivity contribution in [1.82, 2.24) is 5.32 Å². The molecule has 1 aromatic rings. The fraction of sp³-hybridized carbons (Fsp3) is 0.533. The molecule has 1 fully saturated rings. The smallest absolute Gasteiger partial charge is 0.258 e. The van der Waals surface area contributed by atoms with Crippen LogP contribution in [0.1, 0.15) is 20.3 Å². The number of amides is 1. The standard InChI is InChI=1S/C15H22N2O3/c1-15(2)12(8-13(15)19-3)17-14(18)9-20-11-7-5-4-6-10(11)16/h4-7,12-13H,8-9,16H2,1-3H3,(H,17,18). The molecule has 0 bridgehead atoms. The lowest BCUT2D eigenvalue weighted by Gasteiger charge is -2.51. The summed E-state index contributed by atoms with van der Waals surface area (Å²) in [4.78, 5) is 11.9. The Bertz CT molecular complexity index is 488. The van der Waals surface area contributed by atoms with Gasteiger partial charge in [0.1, 0.15) is 5.75 Å². The van der Waals surface area contributed by atoms with Gasteiger partial charge in [0.15, 0.2) is 6.61 Å². The van der Waals surface area contributed by atoms with Gasteiger partial charge in [0.05, 0.1) is 11.8 Å². The summed E-state index contributed by atoms with van der Waals surface area (Å²) in [6.07, 6.45) is 1.03. The van der Waals surface area contributed by atoms with E-state index >= 15 is 0 Å². The summed E-state index contributed by atoms with van der Waals surface area (Å²) in [5.74, 6) is 0.395. The lowest BCUT2D eigenvalue weighted by molar-refractivity contribution is -0.134. The van der Waals surface area contributed by atoms with Crippen LogP contribution in [0.4, 0.5) is 5.69 Å². The topological polar surface area (TPSA) is 73.6 Å². The van der Waals surface area contributed by atoms with Gasteiger partial charge in [-0.1, -0.05) is 26.0 Å². The molecule has 1 aliphatic rings. The van der Waals surface area contributed by atoms with Crippen LogP contribution in [-0.2, 0) is 9.53 Å². The van der Waals surface area contributed by atoms with E-state index in [1.807, 2.05) is 12.1 Å². The molecule has 3 N–H and O–H groups in total. The number of anilines is 1. The maximum Gasteiger partial charge on any atom is 0.258 e. The van der Waals surface area contributed by atoms with Gasteiger partial charge in [-0.2, -0.15) is 0 Å². The van der Waals surface area contributed by atoms with Crippen LogP contribution in [0.5, 0.6) is 5.75 Å². The van der Waals surface area contributed by atoms with Crippen molar-refractivity contribution in [3.05, 3.63) is 24.3 Å². The van der Waals surface area contributed by atoms with E-state index in [4.69, 9.17) is 15.2 Å². The molecule has 20 heavy (non-hydrogen) atoms. The molecule has 1 amide bonds. The number of hydrogen-bond acceptors (Lipinski definition) is 4. The minimum atomic E-state index is -0.138. The Labute approximate surface area is 119 Å². The van der Waals surface area contributed by atoms with Crippen molar-refractivity contribution in [2.75, 3.05) is 19.5 Å². The summed E-state index contributed by atoms with van der Waals surface area (Å²) in [7, 11) is 1.70. The highest BCUT2D eigenvalue weighted by atomic mass is 16.5. The lowest BCUT2D eigenvalue weighted by atomic mass is 9.64. The SMILES string of the molecule is COC1CC(NC(=O)COc2ccccc2N)C1(C)C. The zero-order valence-corrected chi connectivity index (χ0v) is 12.2. The first kappa shape index (κ1) is 14.7. The fourth-order valence-corrected chi connectivity index (χ4v) is 2.52. The molecule has 0 radical (unpaired) electrons. The van der Waals surface area contributed by atoms with Crippen molar-refractivity contribution in [1.29, 1.82) is 0 Å². The zero-order chi connectivity index (χ0) is 14.8. The van der Waals surface area contributed by atoms with E-state index < -0.39 is 0 Å². The molecule has 2 atom stereocenters. The van der Waals surface area contributed by atoms with Gasteiger partial charge in [0.25, 0.3) is 5.91 Å². The number of nitrogen functional groups attached to an aromatic ring is 1. The number of ether oxygens (including phenoxy) is 2. The maximum atomic E-state index is 11.9. The van der Waals surface area contributed by atoms with Gasteiger partial charge >= 0.3 is 0 Å². The van der Waals surface area contributed by atoms with Gasteiger partial charge in [-0.3, -0.25) is 4.79 Å². The van der Waals surface area contributed by atoms with Crippen LogP contribution in [0, 0.1) is 5.41 Å². The van der Waals surface area contributed by atoms with Gasteiger partial charge in [-0.15, -0.1) is 0 Å². The molecule has 1 aromatic carbocycles. The molecule has 0 heterocycles. The van der Waals surface area contributed by atoms with Crippen molar-refractivity contribution < 1.29 is 14.3 Å². The van der Waals surface area contributed by atoms with Crippen molar-refractivity contribution in [3.8, 4) is 5.75 Å². The molecule has 0 aromatic heterocycles. The Morgan fingerprint density at radius 1 is 1.45 bits per heavy atom. The molecule has 5 nitrogen and oxygen atoms in total. The lowest BCUT2D eigenvalue weighted by Crippen LogP contribution is -2.62. The third-order valence-electron chi connectivity index (χ3n) is 4.08. The summed E-state index contributed by atoms with van der Waals surface area (Å²) in [6.45, 7) is 4.15. The zero-order valence-electron chi connectivity index (χ0n) is 12.2. The second-order valence-corrected chi connectivity index (χ2v) is 5.73. The van der Waals surface area contributed by atoms with Gasteiger partial charge in [-0.05, 0) is 18.6 Å². The molecule has 0 saturated heterocycles. The van der Waals surface area contributed by atoms with E-state index in [2.05, 4.69) is 19.2 Å². The number of carbonyl (C=O) groups is 1. The van der Waals surface area contributed by atoms with Gasteiger partial charge in [0, 0.05) is 18.6 Å². The first-order valence-electron chi connectivity index (χ1n) is 6.74. The van der Waals surface area contributed by atoms with Gasteiger partial charge in [0.2, 0.25) is 0 Å². The van der Waals surface area contributed by atoms with Crippen LogP contribution < -0.4 is 15.8 Å².